The maximum Gasteiger partial charge on any atom is 0.573 e. The Hall–Kier alpha value is -3.06. The highest BCUT2D eigenvalue weighted by Crippen LogP contribution is 2.24. The molecule has 27 heavy (non-hydrogen) atoms. The predicted octanol–water partition coefficient (Wildman–Crippen LogP) is 4.20. The number of rotatable bonds is 5. The van der Waals surface area contributed by atoms with Crippen molar-refractivity contribution in [1.29, 1.82) is 0 Å². The lowest BCUT2D eigenvalue weighted by Crippen LogP contribution is -2.28. The van der Waals surface area contributed by atoms with Crippen LogP contribution >= 0.6 is 0 Å². The minimum Gasteiger partial charge on any atom is -0.406 e. The fourth-order valence-corrected chi connectivity index (χ4v) is 2.75. The second kappa shape index (κ2) is 7.67. The van der Waals surface area contributed by atoms with Gasteiger partial charge in [-0.25, -0.2) is 0 Å². The molecule has 0 heterocycles. The zero-order valence-corrected chi connectivity index (χ0v) is 14.0. The molecule has 4 nitrogen and oxygen atoms in total. The molecule has 3 aromatic rings. The highest BCUT2D eigenvalue weighted by atomic mass is 19.4. The van der Waals surface area contributed by atoms with Crippen molar-refractivity contribution >= 4 is 16.7 Å². The van der Waals surface area contributed by atoms with Crippen LogP contribution < -0.4 is 10.1 Å². The first-order valence-electron chi connectivity index (χ1n) is 8.13. The second-order valence-electron chi connectivity index (χ2n) is 5.87. The van der Waals surface area contributed by atoms with Gasteiger partial charge in [0.1, 0.15) is 5.75 Å². The van der Waals surface area contributed by atoms with E-state index in [0.29, 0.717) is 5.56 Å². The van der Waals surface area contributed by atoms with Crippen LogP contribution in [0.5, 0.6) is 5.75 Å². The van der Waals surface area contributed by atoms with Crippen molar-refractivity contribution in [2.75, 3.05) is 6.54 Å². The van der Waals surface area contributed by atoms with Gasteiger partial charge in [-0.1, -0.05) is 42.5 Å². The van der Waals surface area contributed by atoms with E-state index in [9.17, 15) is 23.1 Å². The molecule has 2 N–H and O–H groups in total. The van der Waals surface area contributed by atoms with Crippen LogP contribution in [0.2, 0.25) is 0 Å². The molecule has 0 spiro atoms. The summed E-state index contributed by atoms with van der Waals surface area (Å²) in [6, 6.07) is 17.7. The molecule has 1 amide bonds. The SMILES string of the molecule is O=C(NCC(O)c1cccc2ccccc12)c1ccc(OC(F)(F)F)cc1. The first-order valence-corrected chi connectivity index (χ1v) is 8.13. The molecule has 0 aliphatic heterocycles. The van der Waals surface area contributed by atoms with Gasteiger partial charge in [-0.05, 0) is 40.6 Å². The fourth-order valence-electron chi connectivity index (χ4n) is 2.75. The number of alkyl halides is 3. The lowest BCUT2D eigenvalue weighted by Gasteiger charge is -2.15. The summed E-state index contributed by atoms with van der Waals surface area (Å²) in [6.45, 7) is -0.0341. The number of nitrogens with one attached hydrogen (secondary N) is 1. The van der Waals surface area contributed by atoms with Gasteiger partial charge >= 0.3 is 6.36 Å². The first kappa shape index (κ1) is 18.7. The molecular weight excluding hydrogens is 359 g/mol. The van der Waals surface area contributed by atoms with Crippen LogP contribution in [-0.4, -0.2) is 23.9 Å². The summed E-state index contributed by atoms with van der Waals surface area (Å²) in [5, 5.41) is 14.9. The molecule has 0 fully saturated rings. The first-order chi connectivity index (χ1) is 12.8. The number of amides is 1. The largest absolute Gasteiger partial charge is 0.573 e. The van der Waals surface area contributed by atoms with Crippen molar-refractivity contribution in [3.63, 3.8) is 0 Å². The van der Waals surface area contributed by atoms with E-state index in [1.807, 2.05) is 36.4 Å². The van der Waals surface area contributed by atoms with Gasteiger partial charge in [-0.2, -0.15) is 0 Å². The van der Waals surface area contributed by atoms with E-state index < -0.39 is 24.1 Å². The number of halogens is 3. The summed E-state index contributed by atoms with van der Waals surface area (Å²) in [5.74, 6) is -0.914. The second-order valence-corrected chi connectivity index (χ2v) is 5.87. The van der Waals surface area contributed by atoms with Gasteiger partial charge < -0.3 is 15.2 Å². The Balaban J connectivity index is 1.64. The number of carbonyl (C=O) groups is 1. The van der Waals surface area contributed by atoms with Crippen molar-refractivity contribution in [3.05, 3.63) is 77.9 Å². The molecule has 1 unspecified atom stereocenters. The number of carbonyl (C=O) groups excluding carboxylic acids is 1. The van der Waals surface area contributed by atoms with Crippen LogP contribution in [0.25, 0.3) is 10.8 Å². The van der Waals surface area contributed by atoms with Crippen LogP contribution in [-0.2, 0) is 0 Å². The molecule has 0 radical (unpaired) electrons. The average Bonchev–Trinajstić information content (AvgIpc) is 2.64. The number of ether oxygens (including phenoxy) is 1. The van der Waals surface area contributed by atoms with Crippen LogP contribution in [0.1, 0.15) is 22.0 Å². The summed E-state index contributed by atoms with van der Waals surface area (Å²) in [7, 11) is 0. The third kappa shape index (κ3) is 4.77. The molecule has 3 rings (SSSR count). The number of aliphatic hydroxyl groups excluding tert-OH is 1. The Morgan fingerprint density at radius 3 is 2.37 bits per heavy atom. The van der Waals surface area contributed by atoms with Gasteiger partial charge in [0.15, 0.2) is 0 Å². The zero-order chi connectivity index (χ0) is 19.4. The van der Waals surface area contributed by atoms with Crippen molar-refractivity contribution in [3.8, 4) is 5.75 Å². The maximum atomic E-state index is 12.2. The van der Waals surface area contributed by atoms with Crippen molar-refractivity contribution < 1.29 is 27.8 Å². The van der Waals surface area contributed by atoms with Gasteiger partial charge in [0.05, 0.1) is 6.10 Å². The van der Waals surface area contributed by atoms with E-state index in [1.165, 1.54) is 12.1 Å². The predicted molar refractivity (Wildman–Crippen MR) is 94.4 cm³/mol. The highest BCUT2D eigenvalue weighted by Gasteiger charge is 2.31. The molecule has 1 atom stereocenters. The van der Waals surface area contributed by atoms with E-state index >= 15 is 0 Å². The topological polar surface area (TPSA) is 58.6 Å². The standard InChI is InChI=1S/C20H16F3NO3/c21-20(22,23)27-15-10-8-14(9-11-15)19(26)24-12-18(25)17-7-3-5-13-4-1-2-6-16(13)17/h1-11,18,25H,12H2,(H,24,26). The molecule has 0 aliphatic rings. The minimum atomic E-state index is -4.79. The van der Waals surface area contributed by atoms with Gasteiger partial charge in [-0.15, -0.1) is 13.2 Å². The quantitative estimate of drug-likeness (QED) is 0.703. The molecule has 0 aliphatic carbocycles. The summed E-state index contributed by atoms with van der Waals surface area (Å²) < 4.78 is 40.2. The third-order valence-corrected chi connectivity index (χ3v) is 3.99. The molecule has 7 heteroatoms. The van der Waals surface area contributed by atoms with E-state index in [4.69, 9.17) is 0 Å². The van der Waals surface area contributed by atoms with Gasteiger partial charge in [0.25, 0.3) is 5.91 Å². The van der Waals surface area contributed by atoms with E-state index in [1.54, 1.807) is 6.07 Å². The zero-order valence-electron chi connectivity index (χ0n) is 14.0. The molecule has 3 aromatic carbocycles. The Bertz CT molecular complexity index is 934. The Morgan fingerprint density at radius 1 is 1.00 bits per heavy atom. The average molecular weight is 375 g/mol. The maximum absolute atomic E-state index is 12.2. The van der Waals surface area contributed by atoms with Crippen molar-refractivity contribution in [2.24, 2.45) is 0 Å². The number of aliphatic hydroxyl groups is 1. The summed E-state index contributed by atoms with van der Waals surface area (Å²) in [5.41, 5.74) is 0.844. The third-order valence-electron chi connectivity index (χ3n) is 3.99. The van der Waals surface area contributed by atoms with E-state index in [2.05, 4.69) is 10.1 Å². The van der Waals surface area contributed by atoms with Gasteiger partial charge in [0.2, 0.25) is 0 Å². The number of hydrogen-bond acceptors (Lipinski definition) is 3. The summed E-state index contributed by atoms with van der Waals surface area (Å²) >= 11 is 0. The van der Waals surface area contributed by atoms with E-state index in [0.717, 1.165) is 22.9 Å². The normalized spacial score (nSPS) is 12.6. The molecule has 0 saturated heterocycles. The van der Waals surface area contributed by atoms with E-state index in [-0.39, 0.29) is 12.1 Å². The van der Waals surface area contributed by atoms with Crippen molar-refractivity contribution in [1.82, 2.24) is 5.32 Å². The van der Waals surface area contributed by atoms with Crippen molar-refractivity contribution in [2.45, 2.75) is 12.5 Å². The molecular formula is C20H16F3NO3. The van der Waals surface area contributed by atoms with Gasteiger partial charge in [0, 0.05) is 12.1 Å². The molecule has 0 saturated carbocycles. The van der Waals surface area contributed by atoms with Gasteiger partial charge in [-0.3, -0.25) is 4.79 Å². The summed E-state index contributed by atoms with van der Waals surface area (Å²) in [6.07, 6.45) is -5.71. The lowest BCUT2D eigenvalue weighted by atomic mass is 10.0. The van der Waals surface area contributed by atoms with Crippen LogP contribution in [0.4, 0.5) is 13.2 Å². The fraction of sp³-hybridized carbons (Fsp3) is 0.150. The lowest BCUT2D eigenvalue weighted by molar-refractivity contribution is -0.274. The monoisotopic (exact) mass is 375 g/mol. The highest BCUT2D eigenvalue weighted by molar-refractivity contribution is 5.94. The van der Waals surface area contributed by atoms with Crippen LogP contribution in [0.3, 0.4) is 0 Å². The number of hydrogen-bond donors (Lipinski definition) is 2. The Kier molecular flexibility index (Phi) is 5.32. The summed E-state index contributed by atoms with van der Waals surface area (Å²) in [4.78, 5) is 12.2. The molecule has 140 valence electrons. The van der Waals surface area contributed by atoms with Crippen LogP contribution in [0.15, 0.2) is 66.7 Å². The minimum absolute atomic E-state index is 0.0341. The van der Waals surface area contributed by atoms with Crippen LogP contribution in [0, 0.1) is 0 Å². The number of fused-ring (bicyclic) bond motifs is 1. The number of benzene rings is 3. The smallest absolute Gasteiger partial charge is 0.406 e. The molecule has 0 bridgehead atoms. The Morgan fingerprint density at radius 2 is 1.67 bits per heavy atom. The molecule has 0 aromatic heterocycles. The Labute approximate surface area is 153 Å².